The lowest BCUT2D eigenvalue weighted by Gasteiger charge is -2.35. The van der Waals surface area contributed by atoms with E-state index in [0.29, 0.717) is 43.7 Å². The zero-order valence-electron chi connectivity index (χ0n) is 24.7. The van der Waals surface area contributed by atoms with E-state index in [9.17, 15) is 24.3 Å². The molecule has 232 valence electrons. The molecule has 0 spiro atoms. The van der Waals surface area contributed by atoms with Crippen molar-refractivity contribution >= 4 is 19.9 Å². The van der Waals surface area contributed by atoms with E-state index in [0.717, 1.165) is 11.1 Å². The first kappa shape index (κ1) is 33.6. The van der Waals surface area contributed by atoms with Gasteiger partial charge in [-0.25, -0.2) is 9.55 Å². The highest BCUT2D eigenvalue weighted by molar-refractivity contribution is 7.46. The molecule has 2 aliphatic rings. The molecule has 0 radical (unpaired) electrons. The summed E-state index contributed by atoms with van der Waals surface area (Å²) in [5.74, 6) is -1.19. The zero-order valence-corrected chi connectivity index (χ0v) is 25.6. The Morgan fingerprint density at radius 3 is 2.59 bits per heavy atom. The van der Waals surface area contributed by atoms with Crippen molar-refractivity contribution in [2.45, 2.75) is 116 Å². The summed E-state index contributed by atoms with van der Waals surface area (Å²) < 4.78 is 40.1. The van der Waals surface area contributed by atoms with Crippen LogP contribution >= 0.6 is 7.82 Å². The number of carbonyl (C=O) groups excluding carboxylic acids is 1. The monoisotopic (exact) mass is 599 g/mol. The van der Waals surface area contributed by atoms with Gasteiger partial charge < -0.3 is 33.5 Å². The molecule has 2 aliphatic heterocycles. The number of phosphoric acid groups is 1. The van der Waals surface area contributed by atoms with E-state index < -0.39 is 43.9 Å². The van der Waals surface area contributed by atoms with Crippen LogP contribution in [0.1, 0.15) is 96.8 Å². The van der Waals surface area contributed by atoms with Gasteiger partial charge in [-0.15, -0.1) is 0 Å². The summed E-state index contributed by atoms with van der Waals surface area (Å²) in [6, 6.07) is 0. The van der Waals surface area contributed by atoms with Gasteiger partial charge in [-0.2, -0.15) is 0 Å². The molecule has 12 heteroatoms. The standard InChI is InChI=1S/C29H46NO10P/c1-17-10-23-9-7-8-22(31)14-27(25-16-37-28(30-25)13-18(2)21(5)36-6)39-29(32)20(4)12-19(3)26(40-41(33,34)35)15-24(11-17)38-23/h13,16,19-24,26-27,31H,1,7-12,14-15H2,2-6H3,(H2,33,34,35)/b18-13+/t19-,20-,21+,22+,23+,24+,26-,27?/m0/s1. The Kier molecular flexibility index (Phi) is 12.4. The molecule has 0 aliphatic carbocycles. The first-order chi connectivity index (χ1) is 19.2. The number of rotatable bonds is 6. The number of nitrogens with zero attached hydrogens (tertiary/aromatic N) is 1. The Morgan fingerprint density at radius 2 is 1.90 bits per heavy atom. The molecule has 8 atom stereocenters. The molecule has 3 heterocycles. The molecule has 3 rings (SSSR count). The third kappa shape index (κ3) is 10.7. The largest absolute Gasteiger partial charge is 0.469 e. The number of hydrogen-bond donors (Lipinski definition) is 3. The molecule has 2 bridgehead atoms. The minimum atomic E-state index is -4.79. The third-order valence-electron chi connectivity index (χ3n) is 7.97. The van der Waals surface area contributed by atoms with Crippen molar-refractivity contribution in [1.82, 2.24) is 4.98 Å². The number of carbonyl (C=O) groups is 1. The number of esters is 1. The van der Waals surface area contributed by atoms with E-state index in [-0.39, 0.29) is 37.6 Å². The molecule has 2 saturated heterocycles. The summed E-state index contributed by atoms with van der Waals surface area (Å²) in [4.78, 5) is 36.9. The van der Waals surface area contributed by atoms with Crippen LogP contribution in [0.2, 0.25) is 0 Å². The average Bonchev–Trinajstić information content (AvgIpc) is 3.34. The van der Waals surface area contributed by atoms with Crippen molar-refractivity contribution in [1.29, 1.82) is 0 Å². The van der Waals surface area contributed by atoms with Crippen molar-refractivity contribution in [3.05, 3.63) is 35.6 Å². The molecule has 1 aromatic rings. The van der Waals surface area contributed by atoms with E-state index in [4.69, 9.17) is 23.2 Å². The highest BCUT2D eigenvalue weighted by Gasteiger charge is 2.35. The van der Waals surface area contributed by atoms with Crippen LogP contribution in [0.25, 0.3) is 6.08 Å². The number of hydrogen-bond acceptors (Lipinski definition) is 9. The van der Waals surface area contributed by atoms with Gasteiger partial charge in [0.05, 0.1) is 36.4 Å². The lowest BCUT2D eigenvalue weighted by atomic mass is 9.87. The quantitative estimate of drug-likeness (QED) is 0.222. The molecule has 11 nitrogen and oxygen atoms in total. The number of cyclic esters (lactones) is 1. The summed E-state index contributed by atoms with van der Waals surface area (Å²) in [5.41, 5.74) is 2.30. The number of oxazole rings is 1. The van der Waals surface area contributed by atoms with Crippen LogP contribution < -0.4 is 0 Å². The zero-order chi connectivity index (χ0) is 30.3. The SMILES string of the molecule is C=C1C[C@H]2CCC[C@@H](O)CC(c3coc(/C=C(\C)[C@@H](C)OC)n3)OC(=O)[C@@H](C)C[C@H](C)[C@@H](OP(=O)(O)O)C[C@@H](C1)O2. The summed E-state index contributed by atoms with van der Waals surface area (Å²) >= 11 is 0. The summed E-state index contributed by atoms with van der Waals surface area (Å²) in [6.45, 7) is 11.4. The number of phosphoric ester groups is 1. The Hall–Kier alpha value is -1.85. The van der Waals surface area contributed by atoms with Crippen LogP contribution in [0.5, 0.6) is 0 Å². The topological polar surface area (TPSA) is 158 Å². The molecule has 1 aromatic heterocycles. The predicted molar refractivity (Wildman–Crippen MR) is 151 cm³/mol. The first-order valence-corrected chi connectivity index (χ1v) is 15.9. The number of aliphatic hydroxyl groups is 1. The van der Waals surface area contributed by atoms with E-state index >= 15 is 0 Å². The molecule has 0 saturated carbocycles. The molecular weight excluding hydrogens is 553 g/mol. The van der Waals surface area contributed by atoms with Crippen LogP contribution in [0.4, 0.5) is 0 Å². The second kappa shape index (κ2) is 15.0. The minimum Gasteiger partial charge on any atom is -0.455 e. The Balaban J connectivity index is 1.85. The molecule has 2 fully saturated rings. The Morgan fingerprint density at radius 1 is 1.20 bits per heavy atom. The molecule has 41 heavy (non-hydrogen) atoms. The Bertz CT molecular complexity index is 1100. The van der Waals surface area contributed by atoms with Crippen molar-refractivity contribution in [2.24, 2.45) is 11.8 Å². The van der Waals surface area contributed by atoms with E-state index in [2.05, 4.69) is 11.6 Å². The van der Waals surface area contributed by atoms with Crippen molar-refractivity contribution in [3.63, 3.8) is 0 Å². The fourth-order valence-corrected chi connectivity index (χ4v) is 6.12. The molecule has 0 aromatic carbocycles. The summed E-state index contributed by atoms with van der Waals surface area (Å²) in [7, 11) is -3.18. The summed E-state index contributed by atoms with van der Waals surface area (Å²) in [5, 5.41) is 10.9. The highest BCUT2D eigenvalue weighted by atomic mass is 31.2. The molecule has 0 amide bonds. The average molecular weight is 600 g/mol. The molecule has 1 unspecified atom stereocenters. The van der Waals surface area contributed by atoms with E-state index in [1.807, 2.05) is 13.8 Å². The van der Waals surface area contributed by atoms with Crippen LogP contribution in [0.3, 0.4) is 0 Å². The number of methoxy groups -OCH3 is 1. The fourth-order valence-electron chi connectivity index (χ4n) is 5.47. The first-order valence-electron chi connectivity index (χ1n) is 14.3. The lowest BCUT2D eigenvalue weighted by molar-refractivity contribution is -0.156. The second-order valence-electron chi connectivity index (χ2n) is 11.6. The highest BCUT2D eigenvalue weighted by Crippen LogP contribution is 2.43. The smallest absolute Gasteiger partial charge is 0.455 e. The predicted octanol–water partition coefficient (Wildman–Crippen LogP) is 5.27. The third-order valence-corrected chi connectivity index (χ3v) is 8.52. The normalized spacial score (nSPS) is 32.4. The second-order valence-corrected chi connectivity index (χ2v) is 12.8. The number of aromatic nitrogens is 1. The van der Waals surface area contributed by atoms with Gasteiger partial charge in [0.15, 0.2) is 0 Å². The van der Waals surface area contributed by atoms with Gasteiger partial charge in [0.25, 0.3) is 0 Å². The van der Waals surface area contributed by atoms with Crippen LogP contribution in [0.15, 0.2) is 28.4 Å². The lowest BCUT2D eigenvalue weighted by Crippen LogP contribution is -2.35. The summed E-state index contributed by atoms with van der Waals surface area (Å²) in [6.07, 6.45) is 3.96. The molecular formula is C29H46NO10P. The maximum Gasteiger partial charge on any atom is 0.469 e. The van der Waals surface area contributed by atoms with Gasteiger partial charge in [-0.1, -0.05) is 26.0 Å². The number of aliphatic hydroxyl groups excluding tert-OH is 1. The van der Waals surface area contributed by atoms with Crippen molar-refractivity contribution in [2.75, 3.05) is 7.11 Å². The van der Waals surface area contributed by atoms with Crippen LogP contribution in [-0.4, -0.2) is 63.5 Å². The number of ether oxygens (including phenoxy) is 3. The Labute approximate surface area is 242 Å². The van der Waals surface area contributed by atoms with Gasteiger partial charge in [0, 0.05) is 26.0 Å². The van der Waals surface area contributed by atoms with E-state index in [1.54, 1.807) is 27.0 Å². The van der Waals surface area contributed by atoms with Gasteiger partial charge >= 0.3 is 13.8 Å². The van der Waals surface area contributed by atoms with Crippen LogP contribution in [-0.2, 0) is 28.1 Å². The van der Waals surface area contributed by atoms with Gasteiger partial charge in [-0.3, -0.25) is 9.32 Å². The van der Waals surface area contributed by atoms with Gasteiger partial charge in [-0.05, 0) is 63.9 Å². The maximum atomic E-state index is 13.2. The van der Waals surface area contributed by atoms with Crippen molar-refractivity contribution < 1.29 is 47.4 Å². The maximum absolute atomic E-state index is 13.2. The van der Waals surface area contributed by atoms with Crippen molar-refractivity contribution in [3.8, 4) is 0 Å². The van der Waals surface area contributed by atoms with E-state index in [1.165, 1.54) is 6.26 Å². The van der Waals surface area contributed by atoms with Gasteiger partial charge in [0.2, 0.25) is 5.89 Å². The number of fused-ring (bicyclic) bond motifs is 2. The van der Waals surface area contributed by atoms with Gasteiger partial charge in [0.1, 0.15) is 18.1 Å². The minimum absolute atomic E-state index is 0.109. The van der Waals surface area contributed by atoms with Crippen LogP contribution in [0, 0.1) is 11.8 Å². The molecule has 3 N–H and O–H groups in total. The fraction of sp³-hybridized carbons (Fsp3) is 0.724.